The van der Waals surface area contributed by atoms with Crippen molar-refractivity contribution < 1.29 is 19.0 Å². The van der Waals surface area contributed by atoms with Crippen LogP contribution in [0.4, 0.5) is 5.82 Å². The molecule has 0 unspecified atom stereocenters. The van der Waals surface area contributed by atoms with Crippen LogP contribution in [0.15, 0.2) is 54.7 Å². The number of nitrogens with one attached hydrogen (secondary N) is 2. The van der Waals surface area contributed by atoms with Gasteiger partial charge in [0.1, 0.15) is 11.5 Å². The molecule has 8 nitrogen and oxygen atoms in total. The minimum absolute atomic E-state index is 0.131. The first-order valence-corrected chi connectivity index (χ1v) is 10.2. The number of aromatic nitrogens is 3. The van der Waals surface area contributed by atoms with Crippen molar-refractivity contribution in [2.45, 2.75) is 19.8 Å². The van der Waals surface area contributed by atoms with E-state index < -0.39 is 0 Å². The smallest absolute Gasteiger partial charge is 0.229 e. The highest BCUT2D eigenvalue weighted by Gasteiger charge is 2.12. The fourth-order valence-corrected chi connectivity index (χ4v) is 3.32. The van der Waals surface area contributed by atoms with Crippen molar-refractivity contribution in [3.8, 4) is 23.0 Å². The first-order chi connectivity index (χ1) is 15.6. The summed E-state index contributed by atoms with van der Waals surface area (Å²) in [4.78, 5) is 16.7. The third kappa shape index (κ3) is 4.64. The lowest BCUT2D eigenvalue weighted by Gasteiger charge is -2.12. The summed E-state index contributed by atoms with van der Waals surface area (Å²) in [7, 11) is 3.17. The van der Waals surface area contributed by atoms with E-state index >= 15 is 0 Å². The summed E-state index contributed by atoms with van der Waals surface area (Å²) in [6.07, 6.45) is 2.75. The quantitative estimate of drug-likeness (QED) is 0.425. The molecule has 2 heterocycles. The van der Waals surface area contributed by atoms with Crippen LogP contribution >= 0.6 is 0 Å². The fraction of sp³-hybridized carbons (Fsp3) is 0.208. The molecule has 0 aliphatic heterocycles. The van der Waals surface area contributed by atoms with Crippen LogP contribution in [0, 0.1) is 0 Å². The fourth-order valence-electron chi connectivity index (χ4n) is 3.32. The van der Waals surface area contributed by atoms with Gasteiger partial charge in [0.2, 0.25) is 5.91 Å². The van der Waals surface area contributed by atoms with Crippen LogP contribution in [0.25, 0.3) is 10.9 Å². The van der Waals surface area contributed by atoms with E-state index in [9.17, 15) is 4.79 Å². The summed E-state index contributed by atoms with van der Waals surface area (Å²) in [5.74, 6) is 2.90. The van der Waals surface area contributed by atoms with Crippen LogP contribution in [0.5, 0.6) is 23.0 Å². The van der Waals surface area contributed by atoms with E-state index in [1.807, 2.05) is 49.4 Å². The molecule has 164 valence electrons. The molecule has 32 heavy (non-hydrogen) atoms. The van der Waals surface area contributed by atoms with E-state index in [2.05, 4.69) is 20.5 Å². The van der Waals surface area contributed by atoms with E-state index in [-0.39, 0.29) is 12.3 Å². The number of nitrogens with zero attached hydrogens (tertiary/aromatic N) is 2. The normalized spacial score (nSPS) is 10.7. The molecule has 0 fully saturated rings. The Hall–Kier alpha value is -4.07. The van der Waals surface area contributed by atoms with E-state index in [0.717, 1.165) is 28.6 Å². The molecule has 0 spiro atoms. The van der Waals surface area contributed by atoms with Gasteiger partial charge in [-0.05, 0) is 36.2 Å². The molecule has 0 radical (unpaired) electrons. The summed E-state index contributed by atoms with van der Waals surface area (Å²) in [6.45, 7) is 2.02. The zero-order chi connectivity index (χ0) is 22.5. The van der Waals surface area contributed by atoms with E-state index in [4.69, 9.17) is 14.2 Å². The number of benzene rings is 2. The van der Waals surface area contributed by atoms with Gasteiger partial charge in [0.05, 0.1) is 26.2 Å². The third-order valence-electron chi connectivity index (χ3n) is 5.00. The van der Waals surface area contributed by atoms with Gasteiger partial charge in [-0.2, -0.15) is 5.10 Å². The number of carbonyl (C=O) groups is 1. The molecule has 0 saturated carbocycles. The number of pyridine rings is 1. The Morgan fingerprint density at radius 1 is 1.00 bits per heavy atom. The Balaban J connectivity index is 1.46. The highest BCUT2D eigenvalue weighted by atomic mass is 16.5. The molecule has 4 aromatic rings. The molecule has 0 saturated heterocycles. The lowest BCUT2D eigenvalue weighted by atomic mass is 10.1. The number of rotatable bonds is 8. The highest BCUT2D eigenvalue weighted by molar-refractivity contribution is 5.91. The van der Waals surface area contributed by atoms with Crippen LogP contribution < -0.4 is 19.5 Å². The van der Waals surface area contributed by atoms with Gasteiger partial charge in [0.15, 0.2) is 17.3 Å². The minimum Gasteiger partial charge on any atom is -0.493 e. The largest absolute Gasteiger partial charge is 0.493 e. The zero-order valence-electron chi connectivity index (χ0n) is 18.1. The number of aryl methyl sites for hydroxylation is 1. The number of methoxy groups -OCH3 is 2. The maximum absolute atomic E-state index is 12.3. The predicted molar refractivity (Wildman–Crippen MR) is 122 cm³/mol. The first-order valence-electron chi connectivity index (χ1n) is 10.2. The number of H-pyrrole nitrogens is 1. The van der Waals surface area contributed by atoms with Gasteiger partial charge >= 0.3 is 0 Å². The van der Waals surface area contributed by atoms with Gasteiger partial charge < -0.3 is 19.5 Å². The molecule has 1 amide bonds. The van der Waals surface area contributed by atoms with Crippen molar-refractivity contribution in [1.29, 1.82) is 0 Å². The Morgan fingerprint density at radius 3 is 2.44 bits per heavy atom. The SMILES string of the molecule is CCc1cc(NC(=O)Cc2ccc(Oc3ccnc4cc(OC)c(OC)cc34)cc2)n[nH]1. The summed E-state index contributed by atoms with van der Waals surface area (Å²) >= 11 is 0. The maximum atomic E-state index is 12.3. The van der Waals surface area contributed by atoms with E-state index in [0.29, 0.717) is 28.8 Å². The summed E-state index contributed by atoms with van der Waals surface area (Å²) in [5.41, 5.74) is 2.58. The lowest BCUT2D eigenvalue weighted by Crippen LogP contribution is -2.14. The Labute approximate surface area is 185 Å². The molecule has 0 aliphatic rings. The highest BCUT2D eigenvalue weighted by Crippen LogP contribution is 2.36. The van der Waals surface area contributed by atoms with Gasteiger partial charge in [-0.3, -0.25) is 14.9 Å². The summed E-state index contributed by atoms with van der Waals surface area (Å²) in [6, 6.07) is 14.7. The van der Waals surface area contributed by atoms with Crippen molar-refractivity contribution in [3.05, 3.63) is 66.0 Å². The predicted octanol–water partition coefficient (Wildman–Crippen LogP) is 4.51. The number of anilines is 1. The molecular formula is C24H24N4O4. The average Bonchev–Trinajstić information content (AvgIpc) is 3.27. The number of ether oxygens (including phenoxy) is 3. The molecular weight excluding hydrogens is 408 g/mol. The van der Waals surface area contributed by atoms with Gasteiger partial charge in [-0.15, -0.1) is 0 Å². The van der Waals surface area contributed by atoms with Gasteiger partial charge in [-0.1, -0.05) is 19.1 Å². The second-order valence-electron chi connectivity index (χ2n) is 7.14. The van der Waals surface area contributed by atoms with Gasteiger partial charge in [0.25, 0.3) is 0 Å². The topological polar surface area (TPSA) is 98.4 Å². The van der Waals surface area contributed by atoms with Crippen LogP contribution in [0.3, 0.4) is 0 Å². The van der Waals surface area contributed by atoms with Crippen LogP contribution in [0.1, 0.15) is 18.2 Å². The number of hydrogen-bond acceptors (Lipinski definition) is 6. The Bertz CT molecular complexity index is 1230. The number of fused-ring (bicyclic) bond motifs is 1. The number of hydrogen-bond donors (Lipinski definition) is 2. The van der Waals surface area contributed by atoms with Crippen LogP contribution in [0.2, 0.25) is 0 Å². The monoisotopic (exact) mass is 432 g/mol. The molecule has 8 heteroatoms. The second-order valence-corrected chi connectivity index (χ2v) is 7.14. The maximum Gasteiger partial charge on any atom is 0.229 e. The standard InChI is InChI=1S/C24H24N4O4/c1-4-16-12-23(28-27-16)26-24(29)11-15-5-7-17(8-6-15)32-20-9-10-25-19-14-22(31-3)21(30-2)13-18(19)20/h5-10,12-14H,4,11H2,1-3H3,(H2,26,27,28,29). The van der Waals surface area contributed by atoms with E-state index in [1.165, 1.54) is 0 Å². The molecule has 4 rings (SSSR count). The lowest BCUT2D eigenvalue weighted by molar-refractivity contribution is -0.115. The zero-order valence-corrected chi connectivity index (χ0v) is 18.1. The van der Waals surface area contributed by atoms with Crippen molar-refractivity contribution in [2.75, 3.05) is 19.5 Å². The molecule has 0 aliphatic carbocycles. The van der Waals surface area contributed by atoms with Crippen molar-refractivity contribution >= 4 is 22.6 Å². The first kappa shape index (κ1) is 21.2. The Morgan fingerprint density at radius 2 is 1.75 bits per heavy atom. The van der Waals surface area contributed by atoms with Crippen molar-refractivity contribution in [2.24, 2.45) is 0 Å². The van der Waals surface area contributed by atoms with Crippen LogP contribution in [-0.4, -0.2) is 35.3 Å². The van der Waals surface area contributed by atoms with E-state index in [1.54, 1.807) is 26.5 Å². The number of carbonyl (C=O) groups excluding carboxylic acids is 1. The summed E-state index contributed by atoms with van der Waals surface area (Å²) < 4.78 is 16.8. The molecule has 0 bridgehead atoms. The average molecular weight is 432 g/mol. The minimum atomic E-state index is -0.131. The third-order valence-corrected chi connectivity index (χ3v) is 5.00. The molecule has 2 N–H and O–H groups in total. The van der Waals surface area contributed by atoms with Gasteiger partial charge in [0, 0.05) is 29.4 Å². The van der Waals surface area contributed by atoms with Crippen molar-refractivity contribution in [1.82, 2.24) is 15.2 Å². The molecule has 0 atom stereocenters. The van der Waals surface area contributed by atoms with Crippen LogP contribution in [-0.2, 0) is 17.6 Å². The summed E-state index contributed by atoms with van der Waals surface area (Å²) in [5, 5.41) is 10.6. The second kappa shape index (κ2) is 9.38. The Kier molecular flexibility index (Phi) is 6.21. The molecule has 2 aromatic heterocycles. The van der Waals surface area contributed by atoms with Crippen molar-refractivity contribution in [3.63, 3.8) is 0 Å². The number of amides is 1. The molecule has 2 aromatic carbocycles. The number of aromatic amines is 1. The van der Waals surface area contributed by atoms with Gasteiger partial charge in [-0.25, -0.2) is 0 Å².